The highest BCUT2D eigenvalue weighted by Gasteiger charge is 2.38. The van der Waals surface area contributed by atoms with Crippen LogP contribution in [-0.4, -0.2) is 50.7 Å². The number of nitrogens with one attached hydrogen (secondary N) is 1. The Balaban J connectivity index is 1.73. The quantitative estimate of drug-likeness (QED) is 0.648. The number of benzene rings is 2. The van der Waals surface area contributed by atoms with Crippen LogP contribution in [0.2, 0.25) is 0 Å². The first kappa shape index (κ1) is 22.0. The third-order valence-corrected chi connectivity index (χ3v) is 7.14. The Labute approximate surface area is 177 Å². The molecule has 1 aliphatic rings. The fourth-order valence-electron chi connectivity index (χ4n) is 3.61. The largest absolute Gasteiger partial charge is 0.497 e. The summed E-state index contributed by atoms with van der Waals surface area (Å²) in [6.07, 6.45) is 2.87. The molecule has 1 amide bonds. The number of aldehydes is 1. The minimum Gasteiger partial charge on any atom is -0.497 e. The van der Waals surface area contributed by atoms with Gasteiger partial charge in [-0.2, -0.15) is 4.31 Å². The zero-order chi connectivity index (χ0) is 21.6. The van der Waals surface area contributed by atoms with Gasteiger partial charge in [-0.3, -0.25) is 4.79 Å². The summed E-state index contributed by atoms with van der Waals surface area (Å²) in [4.78, 5) is 24.7. The molecule has 3 rings (SSSR count). The molecule has 7 nitrogen and oxygen atoms in total. The SMILES string of the molecule is COc1ccc(C[C@@H](C=O)NC(=O)[C@@H]2CCCCN2S(=O)(=O)c2ccccc2)cc1. The van der Waals surface area contributed by atoms with Gasteiger partial charge < -0.3 is 14.8 Å². The molecule has 0 unspecified atom stereocenters. The number of ether oxygens (including phenoxy) is 1. The Morgan fingerprint density at radius 2 is 1.87 bits per heavy atom. The van der Waals surface area contributed by atoms with Crippen LogP contribution in [0.25, 0.3) is 0 Å². The van der Waals surface area contributed by atoms with Crippen LogP contribution >= 0.6 is 0 Å². The van der Waals surface area contributed by atoms with Gasteiger partial charge >= 0.3 is 0 Å². The van der Waals surface area contributed by atoms with Gasteiger partial charge in [-0.15, -0.1) is 0 Å². The molecule has 1 saturated heterocycles. The predicted molar refractivity (Wildman–Crippen MR) is 113 cm³/mol. The van der Waals surface area contributed by atoms with Crippen molar-refractivity contribution in [1.82, 2.24) is 9.62 Å². The highest BCUT2D eigenvalue weighted by molar-refractivity contribution is 7.89. The van der Waals surface area contributed by atoms with Crippen molar-refractivity contribution in [1.29, 1.82) is 0 Å². The number of carbonyl (C=O) groups is 2. The van der Waals surface area contributed by atoms with Crippen LogP contribution in [0.3, 0.4) is 0 Å². The molecule has 160 valence electrons. The van der Waals surface area contributed by atoms with Crippen molar-refractivity contribution in [3.8, 4) is 5.75 Å². The molecule has 1 fully saturated rings. The molecule has 2 atom stereocenters. The number of nitrogens with zero attached hydrogens (tertiary/aromatic N) is 1. The number of carbonyl (C=O) groups excluding carboxylic acids is 2. The van der Waals surface area contributed by atoms with Gasteiger partial charge in [0.05, 0.1) is 18.0 Å². The van der Waals surface area contributed by atoms with Gasteiger partial charge in [0.2, 0.25) is 15.9 Å². The van der Waals surface area contributed by atoms with E-state index in [1.54, 1.807) is 37.4 Å². The van der Waals surface area contributed by atoms with Crippen LogP contribution in [-0.2, 0) is 26.0 Å². The molecule has 1 aliphatic heterocycles. The normalized spacial score (nSPS) is 18.4. The molecule has 1 heterocycles. The summed E-state index contributed by atoms with van der Waals surface area (Å²) in [6, 6.07) is 13.8. The molecule has 30 heavy (non-hydrogen) atoms. The Kier molecular flexibility index (Phi) is 7.23. The molecule has 1 N–H and O–H groups in total. The van der Waals surface area contributed by atoms with Crippen LogP contribution in [0.4, 0.5) is 0 Å². The lowest BCUT2D eigenvalue weighted by atomic mass is 10.0. The fraction of sp³-hybridized carbons (Fsp3) is 0.364. The summed E-state index contributed by atoms with van der Waals surface area (Å²) in [5.74, 6) is 0.259. The average molecular weight is 431 g/mol. The van der Waals surface area contributed by atoms with E-state index in [0.29, 0.717) is 31.3 Å². The van der Waals surface area contributed by atoms with Gasteiger partial charge in [-0.25, -0.2) is 8.42 Å². The third kappa shape index (κ3) is 5.06. The van der Waals surface area contributed by atoms with E-state index in [1.165, 1.54) is 16.4 Å². The second-order valence-corrected chi connectivity index (χ2v) is 9.13. The van der Waals surface area contributed by atoms with E-state index in [1.807, 2.05) is 12.1 Å². The summed E-state index contributed by atoms with van der Waals surface area (Å²) in [5, 5.41) is 2.72. The monoisotopic (exact) mass is 430 g/mol. The molecule has 0 aromatic heterocycles. The van der Waals surface area contributed by atoms with Crippen LogP contribution in [0, 0.1) is 0 Å². The topological polar surface area (TPSA) is 92.8 Å². The fourth-order valence-corrected chi connectivity index (χ4v) is 5.29. The summed E-state index contributed by atoms with van der Waals surface area (Å²) in [7, 11) is -2.22. The van der Waals surface area contributed by atoms with Crippen LogP contribution in [0.15, 0.2) is 59.5 Å². The first-order valence-corrected chi connectivity index (χ1v) is 11.3. The molecule has 0 saturated carbocycles. The standard InChI is InChI=1S/C22H26N2O5S/c1-29-19-12-10-17(11-13-19)15-18(16-25)23-22(26)21-9-5-6-14-24(21)30(27,28)20-7-3-2-4-8-20/h2-4,7-8,10-13,16,18,21H,5-6,9,14-15H2,1H3,(H,23,26)/t18-,21-/m0/s1. The maximum Gasteiger partial charge on any atom is 0.243 e. The number of rotatable bonds is 8. The molecule has 0 aliphatic carbocycles. The van der Waals surface area contributed by atoms with E-state index >= 15 is 0 Å². The van der Waals surface area contributed by atoms with E-state index in [-0.39, 0.29) is 11.4 Å². The summed E-state index contributed by atoms with van der Waals surface area (Å²) in [6.45, 7) is 0.277. The van der Waals surface area contributed by atoms with Crippen LogP contribution in [0.5, 0.6) is 5.75 Å². The molecule has 0 spiro atoms. The number of hydrogen-bond acceptors (Lipinski definition) is 5. The van der Waals surface area contributed by atoms with Crippen molar-refractivity contribution in [2.45, 2.75) is 42.7 Å². The first-order valence-electron chi connectivity index (χ1n) is 9.91. The first-order chi connectivity index (χ1) is 14.5. The van der Waals surface area contributed by atoms with Gasteiger partial charge in [-0.05, 0) is 49.1 Å². The van der Waals surface area contributed by atoms with E-state index in [4.69, 9.17) is 4.74 Å². The summed E-state index contributed by atoms with van der Waals surface area (Å²) < 4.78 is 32.5. The summed E-state index contributed by atoms with van der Waals surface area (Å²) in [5.41, 5.74) is 0.866. The van der Waals surface area contributed by atoms with Crippen molar-refractivity contribution in [3.05, 3.63) is 60.2 Å². The number of sulfonamides is 1. The average Bonchev–Trinajstić information content (AvgIpc) is 2.79. The van der Waals surface area contributed by atoms with Gasteiger partial charge in [0.25, 0.3) is 0 Å². The zero-order valence-corrected chi connectivity index (χ0v) is 17.7. The third-order valence-electron chi connectivity index (χ3n) is 5.21. The van der Waals surface area contributed by atoms with Gasteiger partial charge in [0.15, 0.2) is 0 Å². The minimum atomic E-state index is -3.80. The highest BCUT2D eigenvalue weighted by atomic mass is 32.2. The molecular formula is C22H26N2O5S. The highest BCUT2D eigenvalue weighted by Crippen LogP contribution is 2.25. The van der Waals surface area contributed by atoms with Crippen molar-refractivity contribution in [3.63, 3.8) is 0 Å². The lowest BCUT2D eigenvalue weighted by molar-refractivity contribution is -0.128. The van der Waals surface area contributed by atoms with E-state index in [0.717, 1.165) is 12.0 Å². The Hall–Kier alpha value is -2.71. The maximum absolute atomic E-state index is 13.1. The maximum atomic E-state index is 13.1. The lowest BCUT2D eigenvalue weighted by Gasteiger charge is -2.34. The molecule has 0 radical (unpaired) electrons. The van der Waals surface area contributed by atoms with E-state index < -0.39 is 28.0 Å². The molecular weight excluding hydrogens is 404 g/mol. The molecule has 2 aromatic carbocycles. The molecule has 8 heteroatoms. The van der Waals surface area contributed by atoms with Gasteiger partial charge in [0, 0.05) is 6.54 Å². The van der Waals surface area contributed by atoms with Crippen LogP contribution in [0.1, 0.15) is 24.8 Å². The smallest absolute Gasteiger partial charge is 0.243 e. The second kappa shape index (κ2) is 9.86. The van der Waals surface area contributed by atoms with E-state index in [2.05, 4.69) is 5.32 Å². The Morgan fingerprint density at radius 1 is 1.17 bits per heavy atom. The van der Waals surface area contributed by atoms with Crippen molar-refractivity contribution < 1.29 is 22.7 Å². The van der Waals surface area contributed by atoms with Gasteiger partial charge in [0.1, 0.15) is 18.1 Å². The Bertz CT molecular complexity index is 961. The second-order valence-electron chi connectivity index (χ2n) is 7.24. The molecule has 2 aromatic rings. The zero-order valence-electron chi connectivity index (χ0n) is 16.9. The number of amides is 1. The number of methoxy groups -OCH3 is 1. The number of piperidine rings is 1. The lowest BCUT2D eigenvalue weighted by Crippen LogP contribution is -2.54. The van der Waals surface area contributed by atoms with E-state index in [9.17, 15) is 18.0 Å². The Morgan fingerprint density at radius 3 is 2.50 bits per heavy atom. The van der Waals surface area contributed by atoms with Crippen molar-refractivity contribution >= 4 is 22.2 Å². The summed E-state index contributed by atoms with van der Waals surface area (Å²) >= 11 is 0. The minimum absolute atomic E-state index is 0.162. The van der Waals surface area contributed by atoms with Gasteiger partial charge in [-0.1, -0.05) is 36.8 Å². The molecule has 0 bridgehead atoms. The number of hydrogen-bond donors (Lipinski definition) is 1. The van der Waals surface area contributed by atoms with Crippen LogP contribution < -0.4 is 10.1 Å². The van der Waals surface area contributed by atoms with Crippen molar-refractivity contribution in [2.24, 2.45) is 0 Å². The predicted octanol–water partition coefficient (Wildman–Crippen LogP) is 2.16. The van der Waals surface area contributed by atoms with Crippen molar-refractivity contribution in [2.75, 3.05) is 13.7 Å².